The monoisotopic (exact) mass is 825 g/mol. The minimum Gasteiger partial charge on any atom is -0.508 e. The molecule has 0 atom stereocenters. The molecule has 8 rings (SSSR count). The first kappa shape index (κ1) is 39.2. The van der Waals surface area contributed by atoms with Crippen molar-refractivity contribution in [1.29, 1.82) is 0 Å². The average molecular weight is 827 g/mol. The number of hydrogen-bond donors (Lipinski definition) is 4. The third-order valence-electron chi connectivity index (χ3n) is 10.4. The lowest BCUT2D eigenvalue weighted by Crippen LogP contribution is -2.23. The van der Waals surface area contributed by atoms with Crippen molar-refractivity contribution < 1.29 is 28.6 Å². The Morgan fingerprint density at radius 2 is 1.49 bits per heavy atom. The Kier molecular flexibility index (Phi) is 10.4. The van der Waals surface area contributed by atoms with E-state index in [0.29, 0.717) is 52.3 Å². The number of amides is 1. The Balaban J connectivity index is 1.20. The summed E-state index contributed by atoms with van der Waals surface area (Å²) in [6.07, 6.45) is 0. The molecule has 0 aromatic heterocycles. The summed E-state index contributed by atoms with van der Waals surface area (Å²) in [7, 11) is 0. The zero-order valence-corrected chi connectivity index (χ0v) is 33.9. The van der Waals surface area contributed by atoms with Crippen LogP contribution in [0.4, 0.5) is 5.69 Å². The van der Waals surface area contributed by atoms with E-state index in [1.165, 1.54) is 24.3 Å². The number of nitrogens with one attached hydrogen (secondary N) is 2. The second-order valence-corrected chi connectivity index (χ2v) is 15.0. The highest BCUT2D eigenvalue weighted by Gasteiger charge is 2.30. The molecule has 2 aliphatic heterocycles. The van der Waals surface area contributed by atoms with Gasteiger partial charge in [0.1, 0.15) is 28.4 Å². The number of halogens is 2. The van der Waals surface area contributed by atoms with Gasteiger partial charge in [-0.15, -0.1) is 0 Å². The maximum absolute atomic E-state index is 14.1. The first-order chi connectivity index (χ1) is 28.4. The highest BCUT2D eigenvalue weighted by Crippen LogP contribution is 2.48. The third-order valence-corrected chi connectivity index (χ3v) is 11.1. The van der Waals surface area contributed by atoms with Gasteiger partial charge >= 0.3 is 5.97 Å². The lowest BCUT2D eigenvalue weighted by Gasteiger charge is -2.21. The SMILES string of the molecule is CC/N=c1/cc2oc3cc(NCC)c(C)cc3c(-c3c(Cl)c(C(=O)NCc4ccc(-c5c6ccc(=O)cc-6oc6cc(O)ccc56)cc4)cc(Cl)c3C(=O)O)c-2cc1C. The fourth-order valence-corrected chi connectivity index (χ4v) is 8.27. The van der Waals surface area contributed by atoms with Crippen LogP contribution in [0.1, 0.15) is 51.3 Å². The normalized spacial score (nSPS) is 11.9. The number of anilines is 1. The van der Waals surface area contributed by atoms with Gasteiger partial charge in [-0.2, -0.15) is 0 Å². The van der Waals surface area contributed by atoms with E-state index in [9.17, 15) is 24.6 Å². The van der Waals surface area contributed by atoms with Crippen LogP contribution in [-0.4, -0.2) is 35.2 Å². The van der Waals surface area contributed by atoms with Gasteiger partial charge in [-0.05, 0) is 92.4 Å². The predicted molar refractivity (Wildman–Crippen MR) is 232 cm³/mol. The van der Waals surface area contributed by atoms with Crippen LogP contribution in [0, 0.1) is 13.8 Å². The van der Waals surface area contributed by atoms with E-state index < -0.39 is 11.9 Å². The summed E-state index contributed by atoms with van der Waals surface area (Å²) in [6.45, 7) is 9.12. The topological polar surface area (TPSA) is 154 Å². The summed E-state index contributed by atoms with van der Waals surface area (Å²) in [6, 6.07) is 25.8. The van der Waals surface area contributed by atoms with Gasteiger partial charge in [-0.25, -0.2) is 4.79 Å². The summed E-state index contributed by atoms with van der Waals surface area (Å²) < 4.78 is 12.5. The fourth-order valence-electron chi connectivity index (χ4n) is 7.65. The van der Waals surface area contributed by atoms with E-state index in [0.717, 1.165) is 49.8 Å². The first-order valence-electron chi connectivity index (χ1n) is 19.0. The molecule has 12 heteroatoms. The van der Waals surface area contributed by atoms with Crippen LogP contribution in [0.25, 0.3) is 66.8 Å². The second-order valence-electron chi connectivity index (χ2n) is 14.3. The van der Waals surface area contributed by atoms with E-state index in [1.54, 1.807) is 18.2 Å². The van der Waals surface area contributed by atoms with E-state index in [1.807, 2.05) is 76.2 Å². The number of benzene rings is 6. The molecule has 296 valence electrons. The van der Waals surface area contributed by atoms with Crippen molar-refractivity contribution in [2.45, 2.75) is 34.2 Å². The Morgan fingerprint density at radius 3 is 2.20 bits per heavy atom. The largest absolute Gasteiger partial charge is 0.508 e. The van der Waals surface area contributed by atoms with Crippen LogP contribution in [0.15, 0.2) is 110 Å². The van der Waals surface area contributed by atoms with Crippen LogP contribution >= 0.6 is 23.2 Å². The molecule has 0 spiro atoms. The molecule has 1 amide bonds. The number of phenols is 1. The first-order valence-corrected chi connectivity index (χ1v) is 19.7. The molecule has 0 radical (unpaired) electrons. The van der Waals surface area contributed by atoms with Crippen molar-refractivity contribution >= 4 is 62.7 Å². The lowest BCUT2D eigenvalue weighted by molar-refractivity contribution is 0.0697. The number of hydrogen-bond acceptors (Lipinski definition) is 8. The Morgan fingerprint density at radius 1 is 0.763 bits per heavy atom. The number of carbonyl (C=O) groups is 2. The van der Waals surface area contributed by atoms with E-state index in [2.05, 4.69) is 15.6 Å². The van der Waals surface area contributed by atoms with Crippen LogP contribution in [0.5, 0.6) is 5.75 Å². The van der Waals surface area contributed by atoms with E-state index >= 15 is 0 Å². The molecule has 0 saturated heterocycles. The van der Waals surface area contributed by atoms with E-state index in [-0.39, 0.29) is 44.5 Å². The summed E-state index contributed by atoms with van der Waals surface area (Å²) in [5.41, 5.74) is 7.29. The summed E-state index contributed by atoms with van der Waals surface area (Å²) >= 11 is 14.0. The summed E-state index contributed by atoms with van der Waals surface area (Å²) in [4.78, 5) is 43.9. The molecular weight excluding hydrogens is 789 g/mol. The number of aryl methyl sites for hydroxylation is 2. The number of phenolic OH excluding ortho intramolecular Hbond substituents is 1. The third kappa shape index (κ3) is 7.15. The van der Waals surface area contributed by atoms with Gasteiger partial charge in [0, 0.05) is 88.2 Å². The van der Waals surface area contributed by atoms with Crippen molar-refractivity contribution in [3.8, 4) is 50.7 Å². The van der Waals surface area contributed by atoms with Gasteiger partial charge in [0.2, 0.25) is 0 Å². The van der Waals surface area contributed by atoms with Crippen molar-refractivity contribution in [2.24, 2.45) is 4.99 Å². The quantitative estimate of drug-likeness (QED) is 0.105. The highest BCUT2D eigenvalue weighted by molar-refractivity contribution is 6.41. The number of rotatable bonds is 9. The number of carboxylic acids is 1. The van der Waals surface area contributed by atoms with Gasteiger partial charge in [-0.3, -0.25) is 14.6 Å². The Hall–Kier alpha value is -6.62. The summed E-state index contributed by atoms with van der Waals surface area (Å²) in [5.74, 6) is -0.998. The van der Waals surface area contributed by atoms with Crippen LogP contribution in [0.2, 0.25) is 10.0 Å². The molecular formula is C47H37Cl2N3O7. The smallest absolute Gasteiger partial charge is 0.337 e. The molecule has 0 saturated carbocycles. The van der Waals surface area contributed by atoms with Crippen LogP contribution < -0.4 is 21.4 Å². The number of carbonyl (C=O) groups excluding carboxylic acids is 1. The molecule has 10 nitrogen and oxygen atoms in total. The maximum Gasteiger partial charge on any atom is 0.337 e. The van der Waals surface area contributed by atoms with Crippen molar-refractivity contribution in [3.05, 3.63) is 144 Å². The van der Waals surface area contributed by atoms with Crippen molar-refractivity contribution in [1.82, 2.24) is 5.32 Å². The molecule has 0 bridgehead atoms. The van der Waals surface area contributed by atoms with E-state index in [4.69, 9.17) is 32.0 Å². The standard InChI is InChI=1S/C47H37Cl2N3O7/c1-5-50-35-20-39-31(15-23(35)3)42(32-16-24(4)36(51-6-2)21-40(32)59-39)44-43(47(56)57)34(48)19-33(45(44)49)46(55)52-22-25-7-9-26(10-8-25)41-29-13-11-27(53)17-37(29)58-38-18-28(54)12-14-30(38)41/h7-21,50,53H,5-6,22H2,1-4H3,(H,52,55)(H,56,57)/b51-36-. The number of fused-ring (bicyclic) bond motifs is 4. The lowest BCUT2D eigenvalue weighted by atomic mass is 9.88. The van der Waals surface area contributed by atoms with Crippen molar-refractivity contribution in [2.75, 3.05) is 18.4 Å². The number of aromatic carboxylic acids is 1. The molecule has 4 aromatic carbocycles. The van der Waals surface area contributed by atoms with Crippen molar-refractivity contribution in [3.63, 3.8) is 0 Å². The Bertz CT molecular complexity index is 3080. The van der Waals surface area contributed by atoms with Gasteiger partial charge < -0.3 is 29.7 Å². The maximum atomic E-state index is 14.1. The zero-order chi connectivity index (χ0) is 41.7. The molecule has 2 aliphatic carbocycles. The van der Waals surface area contributed by atoms with Gasteiger partial charge in [0.05, 0.1) is 26.5 Å². The van der Waals surface area contributed by atoms with Gasteiger partial charge in [0.25, 0.3) is 5.91 Å². The number of carboxylic acid groups (broad SMARTS) is 1. The molecule has 0 unspecified atom stereocenters. The number of aromatic hydroxyl groups is 1. The summed E-state index contributed by atoms with van der Waals surface area (Å²) in [5, 5.41) is 28.9. The molecule has 2 heterocycles. The highest BCUT2D eigenvalue weighted by atomic mass is 35.5. The molecule has 4 aliphatic rings. The second kappa shape index (κ2) is 15.6. The molecule has 0 fully saturated rings. The minimum absolute atomic E-state index is 0.00216. The minimum atomic E-state index is -1.31. The molecule has 4 aromatic rings. The molecule has 59 heavy (non-hydrogen) atoms. The predicted octanol–water partition coefficient (Wildman–Crippen LogP) is 10.7. The fraction of sp³-hybridized carbons (Fsp3) is 0.149. The van der Waals surface area contributed by atoms with Gasteiger partial charge in [0.15, 0.2) is 5.43 Å². The van der Waals surface area contributed by atoms with Gasteiger partial charge in [-0.1, -0.05) is 47.5 Å². The average Bonchev–Trinajstić information content (AvgIpc) is 3.20. The van der Waals surface area contributed by atoms with Crippen LogP contribution in [-0.2, 0) is 6.54 Å². The van der Waals surface area contributed by atoms with Crippen LogP contribution in [0.3, 0.4) is 0 Å². The molecule has 4 N–H and O–H groups in total. The number of nitrogens with zero attached hydrogens (tertiary/aromatic N) is 1. The Labute approximate surface area is 348 Å². The zero-order valence-electron chi connectivity index (χ0n) is 32.4.